The maximum atomic E-state index is 13.4. The van der Waals surface area contributed by atoms with Crippen molar-refractivity contribution in [2.24, 2.45) is 0 Å². The molecule has 0 radical (unpaired) electrons. The molecule has 1 aliphatic carbocycles. The molecule has 1 N–H and O–H groups in total. The van der Waals surface area contributed by atoms with Crippen LogP contribution in [0.5, 0.6) is 0 Å². The molecule has 66 heavy (non-hydrogen) atoms. The van der Waals surface area contributed by atoms with E-state index in [-0.39, 0.29) is 11.5 Å². The maximum Gasteiger partial charge on any atom is 0.181 e. The fourth-order valence-corrected chi connectivity index (χ4v) is 10.3. The maximum absolute atomic E-state index is 13.4. The molecule has 1 aliphatic rings. The van der Waals surface area contributed by atoms with Gasteiger partial charge < -0.3 is 14.9 Å². The minimum Gasteiger partial charge on any atom is -0.510 e. The number of aliphatic hydroxyl groups is 1. The highest BCUT2D eigenvalue weighted by Gasteiger charge is 2.41. The molecule has 2 aromatic carbocycles. The molecule has 1 atom stereocenters. The lowest BCUT2D eigenvalue weighted by atomic mass is 9.75. The monoisotopic (exact) mass is 911 g/mol. The van der Waals surface area contributed by atoms with Crippen molar-refractivity contribution in [1.82, 2.24) is 0 Å². The van der Waals surface area contributed by atoms with Gasteiger partial charge in [-0.15, -0.1) is 0 Å². The molecular weight excluding hydrogens is 805 g/mol. The van der Waals surface area contributed by atoms with Crippen molar-refractivity contribution >= 4 is 22.7 Å². The fraction of sp³-hybridized carbons (Fsp3) is 0.758. The highest BCUT2D eigenvalue weighted by molar-refractivity contribution is 6.31. The summed E-state index contributed by atoms with van der Waals surface area (Å²) in [5, 5.41) is 11.1. The number of anilines is 2. The van der Waals surface area contributed by atoms with Crippen LogP contribution in [0.25, 0.3) is 5.57 Å². The molecular formula is C62H106N2O2. The average Bonchev–Trinajstić information content (AvgIpc) is 3.33. The fourth-order valence-electron chi connectivity index (χ4n) is 10.3. The molecule has 2 aromatic rings. The van der Waals surface area contributed by atoms with E-state index in [0.717, 1.165) is 29.9 Å². The molecule has 3 rings (SSSR count). The Bertz CT molecular complexity index is 1460. The highest BCUT2D eigenvalue weighted by atomic mass is 16.3. The summed E-state index contributed by atoms with van der Waals surface area (Å²) in [6.45, 7) is 6.68. The number of hydrogen-bond acceptors (Lipinski definition) is 4. The van der Waals surface area contributed by atoms with Crippen molar-refractivity contribution in [1.29, 1.82) is 0 Å². The molecule has 4 nitrogen and oxygen atoms in total. The lowest BCUT2D eigenvalue weighted by Crippen LogP contribution is -2.28. The van der Waals surface area contributed by atoms with Crippen molar-refractivity contribution in [3.63, 3.8) is 0 Å². The van der Waals surface area contributed by atoms with Crippen LogP contribution in [0.1, 0.15) is 288 Å². The van der Waals surface area contributed by atoms with E-state index < -0.39 is 5.92 Å². The van der Waals surface area contributed by atoms with E-state index in [2.05, 4.69) is 62.0 Å². The van der Waals surface area contributed by atoms with Gasteiger partial charge in [0.25, 0.3) is 0 Å². The Morgan fingerprint density at radius 3 is 0.864 bits per heavy atom. The van der Waals surface area contributed by atoms with Crippen molar-refractivity contribution in [3.8, 4) is 0 Å². The molecule has 0 aliphatic heterocycles. The highest BCUT2D eigenvalue weighted by Crippen LogP contribution is 2.43. The molecule has 0 amide bonds. The number of aliphatic hydroxyl groups excluding tert-OH is 1. The molecule has 0 aromatic heterocycles. The largest absolute Gasteiger partial charge is 0.510 e. The molecule has 0 fully saturated rings. The molecule has 0 spiro atoms. The third-order valence-corrected chi connectivity index (χ3v) is 15.0. The predicted octanol–water partition coefficient (Wildman–Crippen LogP) is 19.8. The third-order valence-electron chi connectivity index (χ3n) is 15.0. The van der Waals surface area contributed by atoms with Crippen LogP contribution in [-0.2, 0) is 4.79 Å². The first-order valence-electron chi connectivity index (χ1n) is 29.1. The normalized spacial score (nSPS) is 13.8. The Labute approximate surface area is 410 Å². The van der Waals surface area contributed by atoms with E-state index >= 15 is 0 Å². The van der Waals surface area contributed by atoms with Crippen LogP contribution >= 0.6 is 0 Å². The lowest BCUT2D eigenvalue weighted by molar-refractivity contribution is -0.116. The van der Waals surface area contributed by atoms with Gasteiger partial charge in [-0.1, -0.05) is 282 Å². The van der Waals surface area contributed by atoms with Crippen LogP contribution in [0.15, 0.2) is 54.3 Å². The van der Waals surface area contributed by atoms with Gasteiger partial charge in [-0.05, 0) is 48.2 Å². The van der Waals surface area contributed by atoms with Gasteiger partial charge in [0.05, 0.1) is 5.57 Å². The first kappa shape index (κ1) is 57.6. The van der Waals surface area contributed by atoms with E-state index in [1.807, 2.05) is 24.3 Å². The number of ketones is 1. The lowest BCUT2D eigenvalue weighted by Gasteiger charge is -2.29. The second-order valence-electron chi connectivity index (χ2n) is 21.0. The van der Waals surface area contributed by atoms with E-state index in [1.54, 1.807) is 0 Å². The number of nitrogens with zero attached hydrogens (tertiary/aromatic N) is 2. The smallest absolute Gasteiger partial charge is 0.181 e. The van der Waals surface area contributed by atoms with Crippen LogP contribution < -0.4 is 9.80 Å². The first-order valence-corrected chi connectivity index (χ1v) is 29.1. The Morgan fingerprint density at radius 2 is 0.606 bits per heavy atom. The van der Waals surface area contributed by atoms with E-state index in [0.29, 0.717) is 5.57 Å². The summed E-state index contributed by atoms with van der Waals surface area (Å²) in [6.07, 6.45) is 56.2. The van der Waals surface area contributed by atoms with Gasteiger partial charge in [-0.3, -0.25) is 4.79 Å². The van der Waals surface area contributed by atoms with Crippen LogP contribution in [0, 0.1) is 0 Å². The standard InChI is InChI=1S/C62H106N2O2/c1-5-7-9-11-13-15-17-19-21-23-25-27-29-31-33-35-37-39-41-43-53-63(3)57-49-45-55(46-50-57)59-61(65)60(62(59)66)56-47-51-58(52-48-56)64(4)54-44-42-40-38-36-34-32-30-28-26-24-22-20-18-16-14-12-10-8-6-2/h45-52,59,65H,5-44,53-54H2,1-4H3. The number of Topliss-reactive ketones (excluding diaryl/α,β-unsaturated/α-hetero) is 1. The molecule has 0 heterocycles. The second-order valence-corrected chi connectivity index (χ2v) is 21.0. The third kappa shape index (κ3) is 25.6. The first-order chi connectivity index (χ1) is 32.5. The predicted molar refractivity (Wildman–Crippen MR) is 293 cm³/mol. The van der Waals surface area contributed by atoms with E-state index in [1.165, 1.54) is 263 Å². The summed E-state index contributed by atoms with van der Waals surface area (Å²) in [6, 6.07) is 16.5. The van der Waals surface area contributed by atoms with Gasteiger partial charge >= 0.3 is 0 Å². The van der Waals surface area contributed by atoms with E-state index in [9.17, 15) is 9.90 Å². The Morgan fingerprint density at radius 1 is 0.364 bits per heavy atom. The van der Waals surface area contributed by atoms with Crippen molar-refractivity contribution in [2.45, 2.75) is 277 Å². The quantitative estimate of drug-likeness (QED) is 0.0672. The van der Waals surface area contributed by atoms with Gasteiger partial charge in [-0.25, -0.2) is 0 Å². The van der Waals surface area contributed by atoms with Crippen LogP contribution in [-0.4, -0.2) is 38.1 Å². The average molecular weight is 912 g/mol. The zero-order valence-electron chi connectivity index (χ0n) is 44.1. The molecule has 1 unspecified atom stereocenters. The number of benzene rings is 2. The topological polar surface area (TPSA) is 43.8 Å². The SMILES string of the molecule is CCCCCCCCCCCCCCCCCCCCCCN(C)c1ccc(C2=C(O)C(c3ccc(N(C)CCCCCCCCCCCCCCCCCCCCCC)cc3)C2=O)cc1. The molecule has 0 saturated carbocycles. The zero-order valence-corrected chi connectivity index (χ0v) is 44.1. The van der Waals surface area contributed by atoms with E-state index in [4.69, 9.17) is 0 Å². The summed E-state index contributed by atoms with van der Waals surface area (Å²) in [7, 11) is 4.33. The molecule has 376 valence electrons. The van der Waals surface area contributed by atoms with Crippen molar-refractivity contribution < 1.29 is 9.90 Å². The molecule has 0 saturated heterocycles. The number of carbonyl (C=O) groups is 1. The van der Waals surface area contributed by atoms with Gasteiger partial charge in [0.2, 0.25) is 0 Å². The number of rotatable bonds is 46. The van der Waals surface area contributed by atoms with Gasteiger partial charge in [-0.2, -0.15) is 0 Å². The number of unbranched alkanes of at least 4 members (excludes halogenated alkanes) is 38. The Balaban J connectivity index is 1.16. The van der Waals surface area contributed by atoms with Gasteiger partial charge in [0, 0.05) is 38.6 Å². The van der Waals surface area contributed by atoms with Gasteiger partial charge in [0.15, 0.2) is 5.78 Å². The number of allylic oxidation sites excluding steroid dienone is 2. The minimum atomic E-state index is -0.551. The summed E-state index contributed by atoms with van der Waals surface area (Å²) in [5.41, 5.74) is 4.50. The second kappa shape index (κ2) is 39.1. The number of carbonyl (C=O) groups excluding carboxylic acids is 1. The van der Waals surface area contributed by atoms with Crippen molar-refractivity contribution in [3.05, 3.63) is 65.4 Å². The Hall–Kier alpha value is -2.75. The summed E-state index contributed by atoms with van der Waals surface area (Å²) in [4.78, 5) is 18.0. The molecule has 0 bridgehead atoms. The summed E-state index contributed by atoms with van der Waals surface area (Å²) < 4.78 is 0. The minimum absolute atomic E-state index is 0.0170. The van der Waals surface area contributed by atoms with Crippen LogP contribution in [0.3, 0.4) is 0 Å². The summed E-state index contributed by atoms with van der Waals surface area (Å²) in [5.74, 6) is -0.329. The zero-order chi connectivity index (χ0) is 47.1. The van der Waals surface area contributed by atoms with Crippen molar-refractivity contribution in [2.75, 3.05) is 37.0 Å². The Kier molecular flexibility index (Phi) is 34.1. The number of hydrogen-bond donors (Lipinski definition) is 1. The van der Waals surface area contributed by atoms with Gasteiger partial charge in [0.1, 0.15) is 11.7 Å². The molecule has 4 heteroatoms. The van der Waals surface area contributed by atoms with Crippen LogP contribution in [0.4, 0.5) is 11.4 Å². The summed E-state index contributed by atoms with van der Waals surface area (Å²) >= 11 is 0. The van der Waals surface area contributed by atoms with Crippen LogP contribution in [0.2, 0.25) is 0 Å².